The van der Waals surface area contributed by atoms with Crippen LogP contribution in [0.15, 0.2) is 46.9 Å². The number of halogens is 3. The first-order valence-electron chi connectivity index (χ1n) is 5.72. The van der Waals surface area contributed by atoms with Crippen molar-refractivity contribution in [2.75, 3.05) is 18.5 Å². The molecule has 0 unspecified atom stereocenters. The van der Waals surface area contributed by atoms with Gasteiger partial charge in [-0.25, -0.2) is 4.39 Å². The lowest BCUT2D eigenvalue weighted by atomic mass is 10.3. The molecule has 0 aromatic heterocycles. The minimum atomic E-state index is -0.327. The van der Waals surface area contributed by atoms with Gasteiger partial charge in [-0.3, -0.25) is 0 Å². The third kappa shape index (κ3) is 4.73. The van der Waals surface area contributed by atoms with Crippen molar-refractivity contribution in [1.82, 2.24) is 0 Å². The van der Waals surface area contributed by atoms with Crippen LogP contribution in [0.25, 0.3) is 0 Å². The molecule has 0 aliphatic rings. The number of hydrogen-bond acceptors (Lipinski definition) is 2. The largest absolute Gasteiger partial charge is 0.492 e. The van der Waals surface area contributed by atoms with Crippen molar-refractivity contribution in [3.05, 3.63) is 57.8 Å². The van der Waals surface area contributed by atoms with Crippen molar-refractivity contribution in [3.63, 3.8) is 0 Å². The summed E-state index contributed by atoms with van der Waals surface area (Å²) < 4.78 is 19.2. The van der Waals surface area contributed by atoms with Gasteiger partial charge in [-0.15, -0.1) is 0 Å². The van der Waals surface area contributed by atoms with Gasteiger partial charge >= 0.3 is 0 Å². The van der Waals surface area contributed by atoms with Gasteiger partial charge in [0.05, 0.1) is 0 Å². The molecule has 2 nitrogen and oxygen atoms in total. The highest BCUT2D eigenvalue weighted by Crippen LogP contribution is 2.20. The van der Waals surface area contributed by atoms with Gasteiger partial charge in [0.15, 0.2) is 0 Å². The average Bonchev–Trinajstić information content (AvgIpc) is 2.34. The van der Waals surface area contributed by atoms with Gasteiger partial charge in [0, 0.05) is 27.8 Å². The Labute approximate surface area is 124 Å². The summed E-state index contributed by atoms with van der Waals surface area (Å²) in [6.45, 7) is 1.04. The summed E-state index contributed by atoms with van der Waals surface area (Å²) in [6, 6.07) is 11.9. The molecular weight excluding hydrogens is 333 g/mol. The maximum Gasteiger partial charge on any atom is 0.128 e. The summed E-state index contributed by atoms with van der Waals surface area (Å²) in [6.07, 6.45) is 0. The molecule has 0 saturated carbocycles. The standard InChI is InChI=1S/C14H12BrClFNO/c15-10-6-12(17)9-14(7-10)19-5-4-18-13-3-1-2-11(16)8-13/h1-3,6-9,18H,4-5H2. The highest BCUT2D eigenvalue weighted by Gasteiger charge is 2.00. The fourth-order valence-electron chi connectivity index (χ4n) is 1.57. The molecule has 5 heteroatoms. The predicted molar refractivity (Wildman–Crippen MR) is 79.5 cm³/mol. The third-order valence-corrected chi connectivity index (χ3v) is 3.05. The van der Waals surface area contributed by atoms with Gasteiger partial charge < -0.3 is 10.1 Å². The molecule has 0 spiro atoms. The second-order valence-corrected chi connectivity index (χ2v) is 5.24. The van der Waals surface area contributed by atoms with Gasteiger partial charge in [-0.05, 0) is 30.3 Å². The zero-order valence-electron chi connectivity index (χ0n) is 10.00. The van der Waals surface area contributed by atoms with Crippen LogP contribution in [0.1, 0.15) is 0 Å². The van der Waals surface area contributed by atoms with Gasteiger partial charge in [0.25, 0.3) is 0 Å². The fourth-order valence-corrected chi connectivity index (χ4v) is 2.21. The molecule has 0 bridgehead atoms. The van der Waals surface area contributed by atoms with Gasteiger partial charge in [-0.2, -0.15) is 0 Å². The Morgan fingerprint density at radius 2 is 2.05 bits per heavy atom. The molecule has 0 atom stereocenters. The van der Waals surface area contributed by atoms with Crippen molar-refractivity contribution >= 4 is 33.2 Å². The number of anilines is 1. The molecule has 2 rings (SSSR count). The minimum absolute atomic E-state index is 0.327. The molecule has 0 saturated heterocycles. The Morgan fingerprint density at radius 1 is 1.21 bits per heavy atom. The number of ether oxygens (including phenoxy) is 1. The first-order valence-corrected chi connectivity index (χ1v) is 6.89. The van der Waals surface area contributed by atoms with E-state index < -0.39 is 0 Å². The van der Waals surface area contributed by atoms with Crippen molar-refractivity contribution < 1.29 is 9.13 Å². The van der Waals surface area contributed by atoms with E-state index in [0.29, 0.717) is 28.4 Å². The third-order valence-electron chi connectivity index (χ3n) is 2.36. The first kappa shape index (κ1) is 14.2. The van der Waals surface area contributed by atoms with Crippen LogP contribution in [0.5, 0.6) is 5.75 Å². The second kappa shape index (κ2) is 6.78. The number of benzene rings is 2. The van der Waals surface area contributed by atoms with Crippen LogP contribution in [0.2, 0.25) is 5.02 Å². The van der Waals surface area contributed by atoms with E-state index in [2.05, 4.69) is 21.2 Å². The van der Waals surface area contributed by atoms with Crippen LogP contribution in [-0.2, 0) is 0 Å². The Morgan fingerprint density at radius 3 is 2.79 bits per heavy atom. The highest BCUT2D eigenvalue weighted by atomic mass is 79.9. The maximum absolute atomic E-state index is 13.1. The summed E-state index contributed by atoms with van der Waals surface area (Å²) in [5.74, 6) is 0.173. The van der Waals surface area contributed by atoms with Crippen molar-refractivity contribution in [1.29, 1.82) is 0 Å². The monoisotopic (exact) mass is 343 g/mol. The van der Waals surface area contributed by atoms with Gasteiger partial charge in [-0.1, -0.05) is 33.6 Å². The number of hydrogen-bond donors (Lipinski definition) is 1. The molecular formula is C14H12BrClFNO. The molecule has 0 aliphatic heterocycles. The van der Waals surface area contributed by atoms with Crippen molar-refractivity contribution in [2.45, 2.75) is 0 Å². The van der Waals surface area contributed by atoms with Gasteiger partial charge in [0.1, 0.15) is 18.2 Å². The van der Waals surface area contributed by atoms with E-state index in [1.807, 2.05) is 24.3 Å². The summed E-state index contributed by atoms with van der Waals surface area (Å²) in [5, 5.41) is 3.85. The van der Waals surface area contributed by atoms with Crippen molar-refractivity contribution in [2.24, 2.45) is 0 Å². The molecule has 0 amide bonds. The van der Waals surface area contributed by atoms with Crippen LogP contribution < -0.4 is 10.1 Å². The average molecular weight is 345 g/mol. The lowest BCUT2D eigenvalue weighted by Crippen LogP contribution is -2.11. The predicted octanol–water partition coefficient (Wildman–Crippen LogP) is 4.73. The van der Waals surface area contributed by atoms with E-state index in [0.717, 1.165) is 5.69 Å². The molecule has 100 valence electrons. The molecule has 19 heavy (non-hydrogen) atoms. The number of rotatable bonds is 5. The quantitative estimate of drug-likeness (QED) is 0.792. The van der Waals surface area contributed by atoms with Crippen LogP contribution in [0, 0.1) is 5.82 Å². The van der Waals surface area contributed by atoms with Crippen LogP contribution >= 0.6 is 27.5 Å². The second-order valence-electron chi connectivity index (χ2n) is 3.89. The molecule has 1 N–H and O–H groups in total. The van der Waals surface area contributed by atoms with E-state index in [9.17, 15) is 4.39 Å². The van der Waals surface area contributed by atoms with Gasteiger partial charge in [0.2, 0.25) is 0 Å². The normalized spacial score (nSPS) is 10.3. The van der Waals surface area contributed by atoms with E-state index in [1.165, 1.54) is 12.1 Å². The lowest BCUT2D eigenvalue weighted by Gasteiger charge is -2.09. The zero-order valence-corrected chi connectivity index (χ0v) is 12.3. The summed E-state index contributed by atoms with van der Waals surface area (Å²) in [4.78, 5) is 0. The summed E-state index contributed by atoms with van der Waals surface area (Å²) >= 11 is 9.09. The van der Waals surface area contributed by atoms with Crippen LogP contribution in [0.3, 0.4) is 0 Å². The Kier molecular flexibility index (Phi) is 5.05. The summed E-state index contributed by atoms with van der Waals surface area (Å²) in [7, 11) is 0. The molecule has 0 radical (unpaired) electrons. The highest BCUT2D eigenvalue weighted by molar-refractivity contribution is 9.10. The fraction of sp³-hybridized carbons (Fsp3) is 0.143. The Balaban J connectivity index is 1.80. The topological polar surface area (TPSA) is 21.3 Å². The first-order chi connectivity index (χ1) is 9.13. The van der Waals surface area contributed by atoms with E-state index in [1.54, 1.807) is 6.07 Å². The minimum Gasteiger partial charge on any atom is -0.492 e. The molecule has 0 fully saturated rings. The zero-order chi connectivity index (χ0) is 13.7. The Hall–Kier alpha value is -1.26. The maximum atomic E-state index is 13.1. The lowest BCUT2D eigenvalue weighted by molar-refractivity contribution is 0.331. The smallest absolute Gasteiger partial charge is 0.128 e. The SMILES string of the molecule is Fc1cc(Br)cc(OCCNc2cccc(Cl)c2)c1. The van der Waals surface area contributed by atoms with Crippen molar-refractivity contribution in [3.8, 4) is 5.75 Å². The van der Waals surface area contributed by atoms with E-state index in [-0.39, 0.29) is 5.82 Å². The van der Waals surface area contributed by atoms with Crippen LogP contribution in [-0.4, -0.2) is 13.2 Å². The molecule has 2 aromatic rings. The molecule has 0 aliphatic carbocycles. The molecule has 2 aromatic carbocycles. The van der Waals surface area contributed by atoms with E-state index >= 15 is 0 Å². The van der Waals surface area contributed by atoms with E-state index in [4.69, 9.17) is 16.3 Å². The number of nitrogens with one attached hydrogen (secondary N) is 1. The summed E-state index contributed by atoms with van der Waals surface area (Å²) in [5.41, 5.74) is 0.927. The Bertz CT molecular complexity index is 545. The van der Waals surface area contributed by atoms with Crippen LogP contribution in [0.4, 0.5) is 10.1 Å². The molecule has 0 heterocycles.